The average molecular weight is 395 g/mol. The van der Waals surface area contributed by atoms with Gasteiger partial charge in [-0.3, -0.25) is 0 Å². The summed E-state index contributed by atoms with van der Waals surface area (Å²) in [6.45, 7) is 11.2. The Morgan fingerprint density at radius 1 is 1.31 bits per heavy atom. The molecule has 1 fully saturated rings. The fourth-order valence-electron chi connectivity index (χ4n) is 4.22. The summed E-state index contributed by atoms with van der Waals surface area (Å²) in [6, 6.07) is 4.72. The Kier molecular flexibility index (Phi) is 8.08. The number of nitrogens with zero attached hydrogens (tertiary/aromatic N) is 2. The molecule has 29 heavy (non-hydrogen) atoms. The molecule has 0 aliphatic carbocycles. The fourth-order valence-corrected chi connectivity index (χ4v) is 4.22. The molecule has 2 N–H and O–H groups in total. The van der Waals surface area contributed by atoms with Gasteiger partial charge >= 0.3 is 0 Å². The van der Waals surface area contributed by atoms with E-state index >= 15 is 0 Å². The molecule has 0 spiro atoms. The van der Waals surface area contributed by atoms with E-state index in [4.69, 9.17) is 4.98 Å². The topological polar surface area (TPSA) is 44.0 Å². The van der Waals surface area contributed by atoms with Crippen molar-refractivity contribution in [2.45, 2.75) is 58.8 Å². The van der Waals surface area contributed by atoms with Gasteiger partial charge in [0.25, 0.3) is 0 Å². The number of allylic oxidation sites excluding steroid dienone is 4. The monoisotopic (exact) mass is 394 g/mol. The van der Waals surface area contributed by atoms with Crippen LogP contribution in [0.3, 0.4) is 0 Å². The molecule has 1 aliphatic rings. The number of hydrogen-bond acceptors (Lipinski definition) is 3. The molecule has 1 aromatic heterocycles. The lowest BCUT2D eigenvalue weighted by Crippen LogP contribution is -2.37. The molecule has 0 saturated carbocycles. The van der Waals surface area contributed by atoms with E-state index in [0.717, 1.165) is 37.3 Å². The third-order valence-electron chi connectivity index (χ3n) is 6.04. The Morgan fingerprint density at radius 3 is 2.83 bits per heavy atom. The molecular weight excluding hydrogens is 356 g/mol. The van der Waals surface area contributed by atoms with Crippen molar-refractivity contribution in [1.82, 2.24) is 20.2 Å². The summed E-state index contributed by atoms with van der Waals surface area (Å²) in [5, 5.41) is 3.26. The molecule has 1 aromatic carbocycles. The predicted molar refractivity (Wildman–Crippen MR) is 125 cm³/mol. The van der Waals surface area contributed by atoms with Gasteiger partial charge in [-0.1, -0.05) is 43.2 Å². The summed E-state index contributed by atoms with van der Waals surface area (Å²) in [5.74, 6) is 1.73. The first-order chi connectivity index (χ1) is 14.1. The molecule has 1 saturated heterocycles. The van der Waals surface area contributed by atoms with E-state index in [1.807, 2.05) is 7.05 Å². The van der Waals surface area contributed by atoms with Crippen molar-refractivity contribution in [3.05, 3.63) is 52.9 Å². The second-order valence-corrected chi connectivity index (χ2v) is 8.48. The Hall–Kier alpha value is -1.91. The third kappa shape index (κ3) is 6.03. The van der Waals surface area contributed by atoms with Crippen LogP contribution in [0.5, 0.6) is 0 Å². The summed E-state index contributed by atoms with van der Waals surface area (Å²) in [5.41, 5.74) is 6.40. The Bertz CT molecular complexity index is 838. The van der Waals surface area contributed by atoms with Crippen LogP contribution in [0.15, 0.2) is 35.9 Å². The van der Waals surface area contributed by atoms with Crippen LogP contribution in [-0.2, 0) is 6.42 Å². The molecule has 0 bridgehead atoms. The molecule has 2 aromatic rings. The maximum Gasteiger partial charge on any atom is 0.111 e. The standard InChI is InChI=1S/C25H38N4/c1-5-6-7-8-19(2)9-10-24-27-23-18-22(17-20(3)25(23)28-24)21-11-14-29(15-12-21)16-13-26-4/h7-9,17-18,21,26H,5-6,10-16H2,1-4H3,(H,27,28)/b8-7-,19-9-. The minimum atomic E-state index is 0.668. The predicted octanol–water partition coefficient (Wildman–Crippen LogP) is 5.12. The third-order valence-corrected chi connectivity index (χ3v) is 6.04. The average Bonchev–Trinajstić information content (AvgIpc) is 3.15. The zero-order valence-corrected chi connectivity index (χ0v) is 18.7. The smallest absolute Gasteiger partial charge is 0.111 e. The van der Waals surface area contributed by atoms with E-state index in [1.165, 1.54) is 54.6 Å². The van der Waals surface area contributed by atoms with Crippen molar-refractivity contribution in [2.75, 3.05) is 33.2 Å². The highest BCUT2D eigenvalue weighted by molar-refractivity contribution is 5.79. The van der Waals surface area contributed by atoms with Crippen molar-refractivity contribution in [1.29, 1.82) is 0 Å². The summed E-state index contributed by atoms with van der Waals surface area (Å²) < 4.78 is 0. The van der Waals surface area contributed by atoms with Crippen molar-refractivity contribution in [3.8, 4) is 0 Å². The van der Waals surface area contributed by atoms with Gasteiger partial charge in [0.1, 0.15) is 5.82 Å². The number of H-pyrrole nitrogens is 1. The number of unbranched alkanes of at least 4 members (excludes halogenated alkanes) is 1. The van der Waals surface area contributed by atoms with Crippen LogP contribution in [0.1, 0.15) is 62.4 Å². The molecule has 158 valence electrons. The van der Waals surface area contributed by atoms with Gasteiger partial charge in [0.05, 0.1) is 11.0 Å². The van der Waals surface area contributed by atoms with Crippen LogP contribution >= 0.6 is 0 Å². The normalized spacial score (nSPS) is 17.0. The molecule has 4 heteroatoms. The number of likely N-dealkylation sites (N-methyl/N-ethyl adjacent to an activating group) is 1. The maximum atomic E-state index is 4.87. The highest BCUT2D eigenvalue weighted by Gasteiger charge is 2.21. The number of aryl methyl sites for hydroxylation is 1. The van der Waals surface area contributed by atoms with Gasteiger partial charge in [0.2, 0.25) is 0 Å². The van der Waals surface area contributed by atoms with Crippen molar-refractivity contribution in [3.63, 3.8) is 0 Å². The van der Waals surface area contributed by atoms with E-state index in [-0.39, 0.29) is 0 Å². The lowest BCUT2D eigenvalue weighted by Gasteiger charge is -2.32. The van der Waals surface area contributed by atoms with Crippen LogP contribution in [0.4, 0.5) is 0 Å². The summed E-state index contributed by atoms with van der Waals surface area (Å²) >= 11 is 0. The van der Waals surface area contributed by atoms with E-state index < -0.39 is 0 Å². The molecule has 1 aliphatic heterocycles. The molecule has 0 radical (unpaired) electrons. The van der Waals surface area contributed by atoms with Crippen LogP contribution in [0.25, 0.3) is 11.0 Å². The maximum absolute atomic E-state index is 4.87. The highest BCUT2D eigenvalue weighted by Crippen LogP contribution is 2.31. The van der Waals surface area contributed by atoms with Gasteiger partial charge in [-0.15, -0.1) is 0 Å². The molecule has 0 atom stereocenters. The van der Waals surface area contributed by atoms with Gasteiger partial charge < -0.3 is 15.2 Å². The number of piperidine rings is 1. The summed E-state index contributed by atoms with van der Waals surface area (Å²) in [4.78, 5) is 11.0. The zero-order chi connectivity index (χ0) is 20.6. The van der Waals surface area contributed by atoms with Gasteiger partial charge in [-0.05, 0) is 76.4 Å². The van der Waals surface area contributed by atoms with Crippen LogP contribution in [-0.4, -0.2) is 48.1 Å². The van der Waals surface area contributed by atoms with E-state index in [0.29, 0.717) is 5.92 Å². The zero-order valence-electron chi connectivity index (χ0n) is 18.7. The number of likely N-dealkylation sites (tertiary alicyclic amines) is 1. The fraction of sp³-hybridized carbons (Fsp3) is 0.560. The molecule has 2 heterocycles. The van der Waals surface area contributed by atoms with Crippen molar-refractivity contribution in [2.24, 2.45) is 0 Å². The molecule has 3 rings (SSSR count). The number of hydrogen-bond donors (Lipinski definition) is 2. The number of fused-ring (bicyclic) bond motifs is 1. The van der Waals surface area contributed by atoms with Crippen LogP contribution in [0.2, 0.25) is 0 Å². The quantitative estimate of drug-likeness (QED) is 0.581. The summed E-state index contributed by atoms with van der Waals surface area (Å²) in [6.07, 6.45) is 12.4. The molecule has 0 amide bonds. The highest BCUT2D eigenvalue weighted by atomic mass is 15.1. The van der Waals surface area contributed by atoms with Gasteiger partial charge in [0, 0.05) is 19.5 Å². The number of nitrogens with one attached hydrogen (secondary N) is 2. The first-order valence-electron chi connectivity index (χ1n) is 11.3. The van der Waals surface area contributed by atoms with E-state index in [9.17, 15) is 0 Å². The van der Waals surface area contributed by atoms with Crippen LogP contribution < -0.4 is 5.32 Å². The van der Waals surface area contributed by atoms with E-state index in [2.05, 4.69) is 66.3 Å². The number of aromatic amines is 1. The molecular formula is C25H38N4. The van der Waals surface area contributed by atoms with Gasteiger partial charge in [0.15, 0.2) is 0 Å². The van der Waals surface area contributed by atoms with Crippen molar-refractivity contribution < 1.29 is 0 Å². The number of imidazole rings is 1. The minimum Gasteiger partial charge on any atom is -0.342 e. The van der Waals surface area contributed by atoms with E-state index in [1.54, 1.807) is 0 Å². The number of aromatic nitrogens is 2. The minimum absolute atomic E-state index is 0.668. The number of rotatable bonds is 9. The molecule has 0 unspecified atom stereocenters. The van der Waals surface area contributed by atoms with Crippen molar-refractivity contribution >= 4 is 11.0 Å². The first-order valence-corrected chi connectivity index (χ1v) is 11.3. The molecule has 4 nitrogen and oxygen atoms in total. The SMILES string of the molecule is CCC/C=C\C(C)=C/Cc1nc2c(C)cc(C3CCN(CCNC)CC3)cc2[nH]1. The number of benzene rings is 1. The second kappa shape index (κ2) is 10.7. The lowest BCUT2D eigenvalue weighted by atomic mass is 9.88. The van der Waals surface area contributed by atoms with Crippen LogP contribution in [0, 0.1) is 6.92 Å². The summed E-state index contributed by atoms with van der Waals surface area (Å²) in [7, 11) is 2.03. The van der Waals surface area contributed by atoms with Gasteiger partial charge in [-0.2, -0.15) is 0 Å². The first kappa shape index (κ1) is 21.8. The lowest BCUT2D eigenvalue weighted by molar-refractivity contribution is 0.214. The largest absolute Gasteiger partial charge is 0.342 e. The second-order valence-electron chi connectivity index (χ2n) is 8.48. The van der Waals surface area contributed by atoms with Gasteiger partial charge in [-0.25, -0.2) is 4.98 Å². The Balaban J connectivity index is 1.67. The Morgan fingerprint density at radius 2 is 2.10 bits per heavy atom. The Labute approximate surface area is 176 Å².